The molecule has 0 bridgehead atoms. The number of benzene rings is 2. The number of hydrogen-bond donors (Lipinski definition) is 1. The Morgan fingerprint density at radius 3 is 2.58 bits per heavy atom. The molecule has 2 aromatic carbocycles. The van der Waals surface area contributed by atoms with Crippen molar-refractivity contribution in [1.82, 2.24) is 9.78 Å². The molecule has 1 N–H and O–H groups in total. The van der Waals surface area contributed by atoms with Crippen LogP contribution in [0.4, 0.5) is 5.69 Å². The lowest BCUT2D eigenvalue weighted by Gasteiger charge is -2.22. The molecule has 6 nitrogen and oxygen atoms in total. The van der Waals surface area contributed by atoms with Gasteiger partial charge < -0.3 is 10.1 Å². The minimum Gasteiger partial charge on any atom is -0.497 e. The first-order chi connectivity index (χ1) is 15.1. The van der Waals surface area contributed by atoms with Gasteiger partial charge >= 0.3 is 0 Å². The largest absolute Gasteiger partial charge is 0.497 e. The number of carbonyl (C=O) groups excluding carboxylic acids is 1. The van der Waals surface area contributed by atoms with E-state index in [9.17, 15) is 9.59 Å². The molecule has 1 aromatic heterocycles. The number of nitrogens with one attached hydrogen (secondary N) is 1. The summed E-state index contributed by atoms with van der Waals surface area (Å²) in [4.78, 5) is 24.8. The van der Waals surface area contributed by atoms with E-state index in [0.29, 0.717) is 17.4 Å². The van der Waals surface area contributed by atoms with Gasteiger partial charge in [0.15, 0.2) is 0 Å². The van der Waals surface area contributed by atoms with Crippen molar-refractivity contribution < 1.29 is 9.53 Å². The second-order valence-electron chi connectivity index (χ2n) is 7.95. The lowest BCUT2D eigenvalue weighted by atomic mass is 9.84. The van der Waals surface area contributed by atoms with Crippen LogP contribution in [0, 0.1) is 0 Å². The summed E-state index contributed by atoms with van der Waals surface area (Å²) in [5.41, 5.74) is 3.15. The Morgan fingerprint density at radius 2 is 1.84 bits per heavy atom. The molecule has 3 aromatic rings. The van der Waals surface area contributed by atoms with Gasteiger partial charge in [-0.2, -0.15) is 5.10 Å². The maximum atomic E-state index is 12.5. The molecule has 0 radical (unpaired) electrons. The minimum atomic E-state index is -0.325. The van der Waals surface area contributed by atoms with E-state index in [0.717, 1.165) is 11.3 Å². The van der Waals surface area contributed by atoms with E-state index in [4.69, 9.17) is 4.74 Å². The molecular weight excluding hydrogens is 390 g/mol. The summed E-state index contributed by atoms with van der Waals surface area (Å²) in [7, 11) is 1.60. The van der Waals surface area contributed by atoms with Crippen LogP contribution in [-0.2, 0) is 11.3 Å². The number of ether oxygens (including phenoxy) is 1. The Morgan fingerprint density at radius 1 is 1.06 bits per heavy atom. The normalized spacial score (nSPS) is 14.2. The summed E-state index contributed by atoms with van der Waals surface area (Å²) < 4.78 is 6.43. The molecule has 1 fully saturated rings. The summed E-state index contributed by atoms with van der Waals surface area (Å²) in [5, 5.41) is 7.23. The third-order valence-corrected chi connectivity index (χ3v) is 5.80. The summed E-state index contributed by atoms with van der Waals surface area (Å²) >= 11 is 0. The quantitative estimate of drug-likeness (QED) is 0.636. The first-order valence-electron chi connectivity index (χ1n) is 10.7. The summed E-state index contributed by atoms with van der Waals surface area (Å²) in [6.45, 7) is -0.152. The van der Waals surface area contributed by atoms with Crippen molar-refractivity contribution in [2.45, 2.75) is 44.6 Å². The topological polar surface area (TPSA) is 73.2 Å². The van der Waals surface area contributed by atoms with E-state index in [1.807, 2.05) is 36.4 Å². The van der Waals surface area contributed by atoms with Gasteiger partial charge in [0.05, 0.1) is 12.8 Å². The zero-order valence-corrected chi connectivity index (χ0v) is 17.7. The van der Waals surface area contributed by atoms with Crippen LogP contribution >= 0.6 is 0 Å². The molecule has 1 saturated carbocycles. The molecule has 160 valence electrons. The lowest BCUT2D eigenvalue weighted by Crippen LogP contribution is -2.29. The molecular formula is C25H27N3O3. The monoisotopic (exact) mass is 417 g/mol. The molecule has 1 amide bonds. The highest BCUT2D eigenvalue weighted by Crippen LogP contribution is 2.33. The van der Waals surface area contributed by atoms with Gasteiger partial charge in [0.1, 0.15) is 12.3 Å². The van der Waals surface area contributed by atoms with Crippen LogP contribution in [0.1, 0.15) is 43.6 Å². The Balaban J connectivity index is 1.44. The Bertz CT molecular complexity index is 1100. The number of hydrogen-bond acceptors (Lipinski definition) is 4. The van der Waals surface area contributed by atoms with E-state index in [-0.39, 0.29) is 18.0 Å². The molecule has 0 atom stereocenters. The predicted octanol–water partition coefficient (Wildman–Crippen LogP) is 4.61. The number of carbonyl (C=O) groups is 1. The van der Waals surface area contributed by atoms with Gasteiger partial charge in [-0.15, -0.1) is 0 Å². The van der Waals surface area contributed by atoms with Gasteiger partial charge in [0.25, 0.3) is 5.56 Å². The van der Waals surface area contributed by atoms with Crippen LogP contribution in [-0.4, -0.2) is 22.8 Å². The third-order valence-electron chi connectivity index (χ3n) is 5.80. The van der Waals surface area contributed by atoms with Crippen molar-refractivity contribution in [3.63, 3.8) is 0 Å². The van der Waals surface area contributed by atoms with Crippen molar-refractivity contribution in [3.05, 3.63) is 76.6 Å². The van der Waals surface area contributed by atoms with Crippen LogP contribution < -0.4 is 15.6 Å². The van der Waals surface area contributed by atoms with E-state index >= 15 is 0 Å². The molecule has 6 heteroatoms. The smallest absolute Gasteiger partial charge is 0.267 e. The van der Waals surface area contributed by atoms with Crippen LogP contribution in [0.5, 0.6) is 5.75 Å². The van der Waals surface area contributed by atoms with Crippen molar-refractivity contribution in [2.24, 2.45) is 0 Å². The van der Waals surface area contributed by atoms with E-state index in [1.54, 1.807) is 13.2 Å². The van der Waals surface area contributed by atoms with Gasteiger partial charge in [0, 0.05) is 17.3 Å². The SMILES string of the molecule is COc1cccc(-c2ccc(=O)n(CC(=O)Nc3ccc(C4CCCCC4)cc3)n2)c1. The molecule has 1 aliphatic rings. The van der Waals surface area contributed by atoms with Crippen LogP contribution in [0.15, 0.2) is 65.5 Å². The standard InChI is InChI=1S/C25H27N3O3/c1-31-22-9-5-8-20(16-22)23-14-15-25(30)28(27-23)17-24(29)26-21-12-10-19(11-13-21)18-6-3-2-4-7-18/h5,8-16,18H,2-4,6-7,17H2,1H3,(H,26,29). The van der Waals surface area contributed by atoms with Gasteiger partial charge in [-0.25, -0.2) is 4.68 Å². The average Bonchev–Trinajstić information content (AvgIpc) is 2.81. The van der Waals surface area contributed by atoms with Gasteiger partial charge in [-0.1, -0.05) is 43.5 Å². The van der Waals surface area contributed by atoms with Crippen LogP contribution in [0.2, 0.25) is 0 Å². The summed E-state index contributed by atoms with van der Waals surface area (Å²) in [6, 6.07) is 18.6. The first-order valence-corrected chi connectivity index (χ1v) is 10.7. The van der Waals surface area contributed by atoms with E-state index in [1.165, 1.54) is 48.4 Å². The number of anilines is 1. The highest BCUT2D eigenvalue weighted by molar-refractivity contribution is 5.90. The number of methoxy groups -OCH3 is 1. The van der Waals surface area contributed by atoms with Crippen LogP contribution in [0.25, 0.3) is 11.3 Å². The second-order valence-corrected chi connectivity index (χ2v) is 7.95. The maximum Gasteiger partial charge on any atom is 0.267 e. The molecule has 1 aliphatic carbocycles. The zero-order valence-electron chi connectivity index (χ0n) is 17.7. The second kappa shape index (κ2) is 9.60. The molecule has 0 unspecified atom stereocenters. The van der Waals surface area contributed by atoms with E-state index in [2.05, 4.69) is 22.5 Å². The average molecular weight is 418 g/mol. The minimum absolute atomic E-state index is 0.152. The van der Waals surface area contributed by atoms with Crippen molar-refractivity contribution in [1.29, 1.82) is 0 Å². The fourth-order valence-corrected chi connectivity index (χ4v) is 4.11. The van der Waals surface area contributed by atoms with Crippen molar-refractivity contribution in [2.75, 3.05) is 12.4 Å². The Hall–Kier alpha value is -3.41. The summed E-state index contributed by atoms with van der Waals surface area (Å²) in [6.07, 6.45) is 6.39. The van der Waals surface area contributed by atoms with Crippen molar-refractivity contribution >= 4 is 11.6 Å². The molecule has 0 aliphatic heterocycles. The predicted molar refractivity (Wildman–Crippen MR) is 121 cm³/mol. The fraction of sp³-hybridized carbons (Fsp3) is 0.320. The highest BCUT2D eigenvalue weighted by Gasteiger charge is 2.15. The maximum absolute atomic E-state index is 12.5. The lowest BCUT2D eigenvalue weighted by molar-refractivity contribution is -0.117. The molecule has 0 saturated heterocycles. The molecule has 0 spiro atoms. The van der Waals surface area contributed by atoms with Crippen LogP contribution in [0.3, 0.4) is 0 Å². The number of aromatic nitrogens is 2. The number of nitrogens with zero attached hydrogens (tertiary/aromatic N) is 2. The van der Waals surface area contributed by atoms with E-state index < -0.39 is 0 Å². The molecule has 4 rings (SSSR count). The van der Waals surface area contributed by atoms with Gasteiger partial charge in [-0.05, 0) is 54.7 Å². The summed E-state index contributed by atoms with van der Waals surface area (Å²) in [5.74, 6) is 1.04. The highest BCUT2D eigenvalue weighted by atomic mass is 16.5. The third kappa shape index (κ3) is 5.20. The van der Waals surface area contributed by atoms with Gasteiger partial charge in [0.2, 0.25) is 5.91 Å². The van der Waals surface area contributed by atoms with Gasteiger partial charge in [-0.3, -0.25) is 9.59 Å². The number of rotatable bonds is 6. The Kier molecular flexibility index (Phi) is 6.46. The molecule has 1 heterocycles. The number of amides is 1. The van der Waals surface area contributed by atoms with Crippen molar-refractivity contribution in [3.8, 4) is 17.0 Å². The first kappa shape index (κ1) is 20.8. The zero-order chi connectivity index (χ0) is 21.6. The molecule has 31 heavy (non-hydrogen) atoms. The Labute approximate surface area is 181 Å². The fourth-order valence-electron chi connectivity index (χ4n) is 4.11.